The fraction of sp³-hybridized carbons (Fsp3) is 0.429. The van der Waals surface area contributed by atoms with E-state index in [1.807, 2.05) is 0 Å². The number of aromatic nitrogens is 1. The molecule has 0 radical (unpaired) electrons. The van der Waals surface area contributed by atoms with E-state index in [0.717, 1.165) is 5.57 Å². The van der Waals surface area contributed by atoms with Gasteiger partial charge in [-0.2, -0.15) is 0 Å². The summed E-state index contributed by atoms with van der Waals surface area (Å²) in [7, 11) is 0. The van der Waals surface area contributed by atoms with E-state index in [4.69, 9.17) is 0 Å². The van der Waals surface area contributed by atoms with Crippen LogP contribution in [0.1, 0.15) is 64.4 Å². The minimum atomic E-state index is 1.12. The van der Waals surface area contributed by atoms with E-state index >= 15 is 0 Å². The highest BCUT2D eigenvalue weighted by molar-refractivity contribution is 5.68. The van der Waals surface area contributed by atoms with Crippen LogP contribution in [0.2, 0.25) is 0 Å². The van der Waals surface area contributed by atoms with Crippen LogP contribution in [0.3, 0.4) is 0 Å². The van der Waals surface area contributed by atoms with Crippen LogP contribution < -0.4 is 0 Å². The first-order valence-corrected chi connectivity index (χ1v) is 8.33. The van der Waals surface area contributed by atoms with Gasteiger partial charge in [0.25, 0.3) is 0 Å². The molecule has 0 aliphatic heterocycles. The second-order valence-electron chi connectivity index (χ2n) is 6.62. The third-order valence-corrected chi connectivity index (χ3v) is 4.49. The molecule has 0 unspecified atom stereocenters. The molecule has 0 amide bonds. The molecule has 1 aromatic heterocycles. The van der Waals surface area contributed by atoms with Crippen molar-refractivity contribution in [2.45, 2.75) is 60.3 Å². The van der Waals surface area contributed by atoms with Crippen LogP contribution >= 0.6 is 0 Å². The van der Waals surface area contributed by atoms with Gasteiger partial charge in [-0.15, -0.1) is 0 Å². The van der Waals surface area contributed by atoms with Gasteiger partial charge in [-0.3, -0.25) is 0 Å². The van der Waals surface area contributed by atoms with Gasteiger partial charge in [0.2, 0.25) is 0 Å². The van der Waals surface area contributed by atoms with E-state index in [1.165, 1.54) is 64.9 Å². The Labute approximate surface area is 135 Å². The number of allylic oxidation sites excluding steroid dienone is 6. The molecule has 2 rings (SSSR count). The van der Waals surface area contributed by atoms with E-state index in [2.05, 4.69) is 64.4 Å². The molecule has 1 heteroatoms. The number of H-pyrrole nitrogens is 1. The van der Waals surface area contributed by atoms with Gasteiger partial charge in [-0.25, -0.2) is 0 Å². The van der Waals surface area contributed by atoms with E-state index in [0.29, 0.717) is 0 Å². The van der Waals surface area contributed by atoms with Crippen molar-refractivity contribution in [1.82, 2.24) is 4.98 Å². The third kappa shape index (κ3) is 3.52. The normalized spacial score (nSPS) is 15.5. The first-order chi connectivity index (χ1) is 10.4. The highest BCUT2D eigenvalue weighted by Gasteiger charge is 2.14. The second kappa shape index (κ2) is 7.00. The molecule has 1 aromatic rings. The van der Waals surface area contributed by atoms with E-state index in [9.17, 15) is 0 Å². The van der Waals surface area contributed by atoms with Gasteiger partial charge in [-0.05, 0) is 94.7 Å². The SMILES string of the molecule is C=C(C)/C(=C\c1cc2c([nH]1)CCCC2)C(=C(C)C)/C(C)=C\C. The average Bonchev–Trinajstić information content (AvgIpc) is 2.88. The number of hydrogen-bond acceptors (Lipinski definition) is 0. The van der Waals surface area contributed by atoms with Crippen LogP contribution in [-0.2, 0) is 12.8 Å². The van der Waals surface area contributed by atoms with Crippen molar-refractivity contribution in [3.05, 3.63) is 63.5 Å². The zero-order valence-electron chi connectivity index (χ0n) is 14.8. The summed E-state index contributed by atoms with van der Waals surface area (Å²) < 4.78 is 0. The first-order valence-electron chi connectivity index (χ1n) is 8.33. The molecule has 22 heavy (non-hydrogen) atoms. The summed E-state index contributed by atoms with van der Waals surface area (Å²) in [4.78, 5) is 3.61. The van der Waals surface area contributed by atoms with Gasteiger partial charge in [0.15, 0.2) is 0 Å². The van der Waals surface area contributed by atoms with E-state index < -0.39 is 0 Å². The lowest BCUT2D eigenvalue weighted by atomic mass is 9.90. The highest BCUT2D eigenvalue weighted by atomic mass is 14.7. The quantitative estimate of drug-likeness (QED) is 0.641. The molecule has 1 aliphatic rings. The number of aromatic amines is 1. The second-order valence-corrected chi connectivity index (χ2v) is 6.62. The summed E-state index contributed by atoms with van der Waals surface area (Å²) in [6.07, 6.45) is 9.48. The largest absolute Gasteiger partial charge is 0.359 e. The minimum Gasteiger partial charge on any atom is -0.359 e. The van der Waals surface area contributed by atoms with Crippen molar-refractivity contribution in [3.8, 4) is 0 Å². The van der Waals surface area contributed by atoms with Gasteiger partial charge >= 0.3 is 0 Å². The molecule has 0 fully saturated rings. The monoisotopic (exact) mass is 295 g/mol. The zero-order chi connectivity index (χ0) is 16.3. The summed E-state index contributed by atoms with van der Waals surface area (Å²) in [6.45, 7) is 14.9. The fourth-order valence-corrected chi connectivity index (χ4v) is 3.29. The van der Waals surface area contributed by atoms with Crippen LogP contribution in [0.4, 0.5) is 0 Å². The lowest BCUT2D eigenvalue weighted by Gasteiger charge is -2.15. The fourth-order valence-electron chi connectivity index (χ4n) is 3.29. The Morgan fingerprint density at radius 3 is 2.36 bits per heavy atom. The van der Waals surface area contributed by atoms with Crippen molar-refractivity contribution in [1.29, 1.82) is 0 Å². The van der Waals surface area contributed by atoms with Gasteiger partial charge in [-0.1, -0.05) is 23.8 Å². The van der Waals surface area contributed by atoms with Gasteiger partial charge < -0.3 is 4.98 Å². The summed E-state index contributed by atoms with van der Waals surface area (Å²) in [6, 6.07) is 2.32. The summed E-state index contributed by atoms with van der Waals surface area (Å²) >= 11 is 0. The predicted molar refractivity (Wildman–Crippen MR) is 98.0 cm³/mol. The molecule has 118 valence electrons. The van der Waals surface area contributed by atoms with Crippen molar-refractivity contribution in [2.75, 3.05) is 0 Å². The lowest BCUT2D eigenvalue weighted by Crippen LogP contribution is -1.99. The topological polar surface area (TPSA) is 15.8 Å². The molecule has 0 bridgehead atoms. The van der Waals surface area contributed by atoms with Gasteiger partial charge in [0.05, 0.1) is 0 Å². The van der Waals surface area contributed by atoms with Crippen molar-refractivity contribution >= 4 is 6.08 Å². The Balaban J connectivity index is 2.49. The molecule has 1 nitrogen and oxygen atoms in total. The third-order valence-electron chi connectivity index (χ3n) is 4.49. The Bertz CT molecular complexity index is 635. The lowest BCUT2D eigenvalue weighted by molar-refractivity contribution is 0.677. The van der Waals surface area contributed by atoms with Crippen LogP contribution in [0.5, 0.6) is 0 Å². The number of fused-ring (bicyclic) bond motifs is 1. The van der Waals surface area contributed by atoms with Crippen molar-refractivity contribution in [3.63, 3.8) is 0 Å². The maximum Gasteiger partial charge on any atom is 0.0391 e. The molecule has 0 spiro atoms. The first kappa shape index (κ1) is 16.6. The maximum atomic E-state index is 4.21. The maximum absolute atomic E-state index is 4.21. The number of rotatable bonds is 4. The van der Waals surface area contributed by atoms with Gasteiger partial charge in [0, 0.05) is 11.4 Å². The Kier molecular flexibility index (Phi) is 5.28. The average molecular weight is 295 g/mol. The molecule has 0 aromatic carbocycles. The zero-order valence-corrected chi connectivity index (χ0v) is 14.8. The molecular weight excluding hydrogens is 266 g/mol. The number of nitrogens with one attached hydrogen (secondary N) is 1. The van der Waals surface area contributed by atoms with Gasteiger partial charge in [0.1, 0.15) is 0 Å². The van der Waals surface area contributed by atoms with Crippen LogP contribution in [0.25, 0.3) is 6.08 Å². The molecule has 1 aliphatic carbocycles. The minimum absolute atomic E-state index is 1.12. The summed E-state index contributed by atoms with van der Waals surface area (Å²) in [5, 5.41) is 0. The summed E-state index contributed by atoms with van der Waals surface area (Å²) in [5.74, 6) is 0. The van der Waals surface area contributed by atoms with Crippen LogP contribution in [0.15, 0.2) is 46.6 Å². The molecule has 1 heterocycles. The van der Waals surface area contributed by atoms with E-state index in [1.54, 1.807) is 0 Å². The van der Waals surface area contributed by atoms with E-state index in [-0.39, 0.29) is 0 Å². The smallest absolute Gasteiger partial charge is 0.0391 e. The molecular formula is C21H29N. The molecule has 0 atom stereocenters. The molecule has 1 N–H and O–H groups in total. The Morgan fingerprint density at radius 1 is 1.14 bits per heavy atom. The molecule has 0 saturated carbocycles. The predicted octanol–water partition coefficient (Wildman–Crippen LogP) is 6.16. The van der Waals surface area contributed by atoms with Crippen molar-refractivity contribution in [2.24, 2.45) is 0 Å². The Morgan fingerprint density at radius 2 is 1.82 bits per heavy atom. The van der Waals surface area contributed by atoms with Crippen LogP contribution in [-0.4, -0.2) is 4.98 Å². The number of aryl methyl sites for hydroxylation is 2. The van der Waals surface area contributed by atoms with Crippen molar-refractivity contribution < 1.29 is 0 Å². The number of hydrogen-bond donors (Lipinski definition) is 1. The van der Waals surface area contributed by atoms with Crippen LogP contribution in [0, 0.1) is 0 Å². The standard InChI is InChI=1S/C21H29N/c1-7-16(6)21(15(4)5)19(14(2)3)13-18-12-17-10-8-9-11-20(17)22-18/h7,12-13,22H,2,8-11H2,1,3-6H3/b16-7-,19-13+. The molecule has 0 saturated heterocycles. The summed E-state index contributed by atoms with van der Waals surface area (Å²) in [5.41, 5.74) is 10.5. The highest BCUT2D eigenvalue weighted by Crippen LogP contribution is 2.30. The Hall–Kier alpha value is -1.76.